The first kappa shape index (κ1) is 16.8. The van der Waals surface area contributed by atoms with E-state index in [1.165, 1.54) is 14.2 Å². The van der Waals surface area contributed by atoms with Crippen molar-refractivity contribution in [1.82, 2.24) is 5.32 Å². The van der Waals surface area contributed by atoms with E-state index in [0.717, 1.165) is 0 Å². The van der Waals surface area contributed by atoms with Gasteiger partial charge in [0.1, 0.15) is 0 Å². The molecule has 1 fully saturated rings. The van der Waals surface area contributed by atoms with Gasteiger partial charge in [-0.3, -0.25) is 4.79 Å². The van der Waals surface area contributed by atoms with Crippen molar-refractivity contribution in [1.29, 1.82) is 0 Å². The van der Waals surface area contributed by atoms with Gasteiger partial charge in [-0.1, -0.05) is 0 Å². The maximum absolute atomic E-state index is 12.3. The molecule has 22 heavy (non-hydrogen) atoms. The number of ether oxygens (including phenoxy) is 2. The Kier molecular flexibility index (Phi) is 4.77. The Hall–Kier alpha value is -1.60. The number of benzene rings is 1. The number of carbonyl (C=O) groups is 1. The molecule has 6 nitrogen and oxygen atoms in total. The minimum Gasteiger partial charge on any atom is -0.493 e. The molecule has 0 amide bonds. The number of rotatable bonds is 6. The lowest BCUT2D eigenvalue weighted by Crippen LogP contribution is -2.45. The molecule has 1 aromatic rings. The third-order valence-corrected chi connectivity index (χ3v) is 5.79. The molecular formula is C15H21NO5S. The third-order valence-electron chi connectivity index (χ3n) is 3.88. The van der Waals surface area contributed by atoms with Crippen LogP contribution in [0.1, 0.15) is 23.7 Å². The lowest BCUT2D eigenvalue weighted by molar-refractivity contribution is 0.0980. The Labute approximate surface area is 130 Å². The molecule has 0 aliphatic carbocycles. The van der Waals surface area contributed by atoms with Crippen LogP contribution in [0.4, 0.5) is 0 Å². The number of hydrogen-bond donors (Lipinski definition) is 1. The van der Waals surface area contributed by atoms with Crippen molar-refractivity contribution in [3.8, 4) is 11.5 Å². The van der Waals surface area contributed by atoms with Gasteiger partial charge in [0.25, 0.3) is 0 Å². The molecule has 1 saturated heterocycles. The molecule has 0 aromatic heterocycles. The highest BCUT2D eigenvalue weighted by Gasteiger charge is 2.38. The summed E-state index contributed by atoms with van der Waals surface area (Å²) in [4.78, 5) is 12.3. The minimum atomic E-state index is -3.00. The molecule has 1 N–H and O–H groups in total. The van der Waals surface area contributed by atoms with Gasteiger partial charge in [0.15, 0.2) is 27.1 Å². The first-order chi connectivity index (χ1) is 10.3. The summed E-state index contributed by atoms with van der Waals surface area (Å²) in [5.41, 5.74) is -0.0417. The highest BCUT2D eigenvalue weighted by Crippen LogP contribution is 2.28. The van der Waals surface area contributed by atoms with Gasteiger partial charge in [0.05, 0.1) is 32.3 Å². The van der Waals surface area contributed by atoms with Gasteiger partial charge in [0, 0.05) is 11.1 Å². The van der Waals surface area contributed by atoms with Crippen molar-refractivity contribution < 1.29 is 22.7 Å². The molecule has 0 bridgehead atoms. The zero-order valence-electron chi connectivity index (χ0n) is 13.0. The number of hydrogen-bond acceptors (Lipinski definition) is 6. The van der Waals surface area contributed by atoms with Gasteiger partial charge < -0.3 is 14.8 Å². The van der Waals surface area contributed by atoms with Crippen LogP contribution in [0, 0.1) is 0 Å². The Morgan fingerprint density at radius 3 is 2.50 bits per heavy atom. The number of methoxy groups -OCH3 is 2. The van der Waals surface area contributed by atoms with Crippen molar-refractivity contribution in [2.24, 2.45) is 0 Å². The summed E-state index contributed by atoms with van der Waals surface area (Å²) in [6.07, 6.45) is 0.522. The SMILES string of the molecule is COc1ccc(C(=O)CN[C@@]2(C)CCS(=O)(=O)C2)cc1OC. The Bertz CT molecular complexity index is 671. The van der Waals surface area contributed by atoms with Crippen LogP contribution in [0.5, 0.6) is 11.5 Å². The van der Waals surface area contributed by atoms with Crippen LogP contribution in [0.2, 0.25) is 0 Å². The van der Waals surface area contributed by atoms with Gasteiger partial charge in [-0.05, 0) is 31.5 Å². The summed E-state index contributed by atoms with van der Waals surface area (Å²) in [5.74, 6) is 1.16. The molecule has 1 aliphatic heterocycles. The molecule has 122 valence electrons. The second-order valence-corrected chi connectivity index (χ2v) is 7.93. The van der Waals surface area contributed by atoms with Crippen LogP contribution in [0.15, 0.2) is 18.2 Å². The van der Waals surface area contributed by atoms with E-state index in [1.54, 1.807) is 18.2 Å². The van der Waals surface area contributed by atoms with Crippen molar-refractivity contribution in [3.05, 3.63) is 23.8 Å². The molecule has 1 aromatic carbocycles. The molecule has 7 heteroatoms. The van der Waals surface area contributed by atoms with E-state index in [2.05, 4.69) is 5.32 Å². The molecule has 0 spiro atoms. The number of Topliss-reactive ketones (excluding diaryl/α,β-unsaturated/α-hetero) is 1. The fraction of sp³-hybridized carbons (Fsp3) is 0.533. The first-order valence-electron chi connectivity index (χ1n) is 6.99. The number of sulfone groups is 1. The molecule has 0 radical (unpaired) electrons. The largest absolute Gasteiger partial charge is 0.493 e. The van der Waals surface area contributed by atoms with Crippen molar-refractivity contribution in [3.63, 3.8) is 0 Å². The van der Waals surface area contributed by atoms with E-state index in [4.69, 9.17) is 9.47 Å². The number of nitrogens with one attached hydrogen (secondary N) is 1. The minimum absolute atomic E-state index is 0.0687. The second-order valence-electron chi connectivity index (χ2n) is 5.75. The summed E-state index contributed by atoms with van der Waals surface area (Å²) < 4.78 is 33.4. The molecule has 1 aliphatic rings. The molecule has 1 atom stereocenters. The fourth-order valence-corrected chi connectivity index (χ4v) is 4.68. The summed E-state index contributed by atoms with van der Waals surface area (Å²) in [7, 11) is 0.0423. The fourth-order valence-electron chi connectivity index (χ4n) is 2.56. The van der Waals surface area contributed by atoms with Crippen LogP contribution >= 0.6 is 0 Å². The smallest absolute Gasteiger partial charge is 0.176 e. The van der Waals surface area contributed by atoms with E-state index in [0.29, 0.717) is 23.5 Å². The predicted octanol–water partition coefficient (Wildman–Crippen LogP) is 1.05. The van der Waals surface area contributed by atoms with E-state index < -0.39 is 15.4 Å². The van der Waals surface area contributed by atoms with Crippen LogP contribution < -0.4 is 14.8 Å². The van der Waals surface area contributed by atoms with Crippen LogP contribution in [-0.4, -0.2) is 52.0 Å². The van der Waals surface area contributed by atoms with Crippen molar-refractivity contribution in [2.45, 2.75) is 18.9 Å². The Morgan fingerprint density at radius 2 is 1.95 bits per heavy atom. The summed E-state index contributed by atoms with van der Waals surface area (Å²) in [6.45, 7) is 1.92. The van der Waals surface area contributed by atoms with Gasteiger partial charge in [0.2, 0.25) is 0 Å². The highest BCUT2D eigenvalue weighted by atomic mass is 32.2. The quantitative estimate of drug-likeness (QED) is 0.787. The van der Waals surface area contributed by atoms with E-state index in [1.807, 2.05) is 6.92 Å². The maximum atomic E-state index is 12.3. The van der Waals surface area contributed by atoms with Gasteiger partial charge in [-0.2, -0.15) is 0 Å². The summed E-state index contributed by atoms with van der Waals surface area (Å²) in [5, 5.41) is 3.08. The Morgan fingerprint density at radius 1 is 1.27 bits per heavy atom. The Balaban J connectivity index is 2.04. The molecule has 0 unspecified atom stereocenters. The van der Waals surface area contributed by atoms with E-state index in [9.17, 15) is 13.2 Å². The van der Waals surface area contributed by atoms with Gasteiger partial charge >= 0.3 is 0 Å². The highest BCUT2D eigenvalue weighted by molar-refractivity contribution is 7.91. The molecule has 1 heterocycles. The first-order valence-corrected chi connectivity index (χ1v) is 8.81. The predicted molar refractivity (Wildman–Crippen MR) is 83.6 cm³/mol. The average Bonchev–Trinajstić information content (AvgIpc) is 2.78. The topological polar surface area (TPSA) is 81.7 Å². The van der Waals surface area contributed by atoms with Crippen molar-refractivity contribution in [2.75, 3.05) is 32.3 Å². The standard InChI is InChI=1S/C15H21NO5S/c1-15(6-7-22(18,19)10-15)16-9-12(17)11-4-5-13(20-2)14(8-11)21-3/h4-5,8,16H,6-7,9-10H2,1-3H3/t15-/m0/s1. The van der Waals surface area contributed by atoms with Crippen molar-refractivity contribution >= 4 is 15.6 Å². The van der Waals surface area contributed by atoms with Crippen LogP contribution in [-0.2, 0) is 9.84 Å². The number of carbonyl (C=O) groups excluding carboxylic acids is 1. The molecule has 2 rings (SSSR count). The lowest BCUT2D eigenvalue weighted by atomic mass is 10.0. The van der Waals surface area contributed by atoms with Gasteiger partial charge in [-0.25, -0.2) is 8.42 Å². The normalized spacial score (nSPS) is 23.2. The second kappa shape index (κ2) is 6.26. The maximum Gasteiger partial charge on any atom is 0.176 e. The zero-order chi connectivity index (χ0) is 16.4. The van der Waals surface area contributed by atoms with Crippen LogP contribution in [0.25, 0.3) is 0 Å². The molecule has 0 saturated carbocycles. The lowest BCUT2D eigenvalue weighted by Gasteiger charge is -2.23. The van der Waals surface area contributed by atoms with E-state index in [-0.39, 0.29) is 23.8 Å². The average molecular weight is 327 g/mol. The summed E-state index contributed by atoms with van der Waals surface area (Å²) in [6, 6.07) is 4.96. The molecular weight excluding hydrogens is 306 g/mol. The van der Waals surface area contributed by atoms with E-state index >= 15 is 0 Å². The zero-order valence-corrected chi connectivity index (χ0v) is 13.8. The third kappa shape index (κ3) is 3.78. The number of ketones is 1. The summed E-state index contributed by atoms with van der Waals surface area (Å²) >= 11 is 0. The van der Waals surface area contributed by atoms with Crippen LogP contribution in [0.3, 0.4) is 0 Å². The monoisotopic (exact) mass is 327 g/mol. The van der Waals surface area contributed by atoms with Gasteiger partial charge in [-0.15, -0.1) is 0 Å².